The van der Waals surface area contributed by atoms with Gasteiger partial charge in [-0.2, -0.15) is 0 Å². The summed E-state index contributed by atoms with van der Waals surface area (Å²) in [6.07, 6.45) is 5.36. The number of hydrogen-bond acceptors (Lipinski definition) is 2. The first-order valence-corrected chi connectivity index (χ1v) is 3.74. The smallest absolute Gasteiger partial charge is 0.120 e. The highest BCUT2D eigenvalue weighted by Crippen LogP contribution is 2.14. The van der Waals surface area contributed by atoms with Crippen molar-refractivity contribution in [3.8, 4) is 0 Å². The third kappa shape index (κ3) is 2.31. The van der Waals surface area contributed by atoms with Crippen LogP contribution in [0.15, 0.2) is 18.5 Å². The number of aldehydes is 1. The van der Waals surface area contributed by atoms with Crippen molar-refractivity contribution in [2.24, 2.45) is 0 Å². The van der Waals surface area contributed by atoms with Gasteiger partial charge in [0.2, 0.25) is 0 Å². The third-order valence-electron chi connectivity index (χ3n) is 1.39. The molecule has 11 heavy (non-hydrogen) atoms. The van der Waals surface area contributed by atoms with E-state index in [1.807, 2.05) is 6.07 Å². The average Bonchev–Trinajstić information content (AvgIpc) is 2.03. The molecule has 0 spiro atoms. The molecular formula is C8H8ClNO. The van der Waals surface area contributed by atoms with Crippen LogP contribution in [0.5, 0.6) is 0 Å². The fourth-order valence-electron chi connectivity index (χ4n) is 0.821. The van der Waals surface area contributed by atoms with E-state index >= 15 is 0 Å². The highest BCUT2D eigenvalue weighted by molar-refractivity contribution is 6.31. The monoisotopic (exact) mass is 169 g/mol. The molecule has 58 valence electrons. The number of halogens is 1. The van der Waals surface area contributed by atoms with Gasteiger partial charge in [0.1, 0.15) is 6.29 Å². The molecule has 0 unspecified atom stereocenters. The summed E-state index contributed by atoms with van der Waals surface area (Å²) in [5, 5.41) is 0.634. The van der Waals surface area contributed by atoms with E-state index in [1.54, 1.807) is 12.4 Å². The van der Waals surface area contributed by atoms with Crippen LogP contribution >= 0.6 is 11.6 Å². The summed E-state index contributed by atoms with van der Waals surface area (Å²) in [6, 6.07) is 1.83. The number of aromatic nitrogens is 1. The molecule has 0 bridgehead atoms. The lowest BCUT2D eigenvalue weighted by Crippen LogP contribution is -1.87. The Morgan fingerprint density at radius 2 is 2.45 bits per heavy atom. The Hall–Kier alpha value is -0.890. The van der Waals surface area contributed by atoms with Gasteiger partial charge in [0, 0.05) is 18.8 Å². The average molecular weight is 170 g/mol. The lowest BCUT2D eigenvalue weighted by Gasteiger charge is -1.98. The zero-order valence-electron chi connectivity index (χ0n) is 5.96. The Morgan fingerprint density at radius 1 is 1.64 bits per heavy atom. The molecule has 3 heteroatoms. The number of rotatable bonds is 3. The van der Waals surface area contributed by atoms with Crippen molar-refractivity contribution in [1.29, 1.82) is 0 Å². The molecular weight excluding hydrogens is 162 g/mol. The van der Waals surface area contributed by atoms with E-state index in [0.29, 0.717) is 17.9 Å². The Labute approximate surface area is 70.2 Å². The van der Waals surface area contributed by atoms with Crippen molar-refractivity contribution in [2.75, 3.05) is 0 Å². The van der Waals surface area contributed by atoms with Gasteiger partial charge in [-0.25, -0.2) is 0 Å². The van der Waals surface area contributed by atoms with E-state index in [4.69, 9.17) is 11.6 Å². The summed E-state index contributed by atoms with van der Waals surface area (Å²) in [7, 11) is 0. The second-order valence-corrected chi connectivity index (χ2v) is 2.58. The van der Waals surface area contributed by atoms with Gasteiger partial charge in [-0.3, -0.25) is 4.98 Å². The number of nitrogens with zero attached hydrogens (tertiary/aromatic N) is 1. The molecule has 0 saturated carbocycles. The van der Waals surface area contributed by atoms with Crippen LogP contribution in [0.2, 0.25) is 5.02 Å². The first-order chi connectivity index (χ1) is 5.34. The van der Waals surface area contributed by atoms with Crippen molar-refractivity contribution in [3.05, 3.63) is 29.0 Å². The molecule has 0 N–H and O–H groups in total. The first kappa shape index (κ1) is 8.21. The van der Waals surface area contributed by atoms with Gasteiger partial charge in [-0.1, -0.05) is 11.6 Å². The van der Waals surface area contributed by atoms with E-state index in [-0.39, 0.29) is 0 Å². The minimum atomic E-state index is 0.518. The van der Waals surface area contributed by atoms with Crippen molar-refractivity contribution in [1.82, 2.24) is 4.98 Å². The molecule has 0 aliphatic rings. The molecule has 1 heterocycles. The topological polar surface area (TPSA) is 30.0 Å². The van der Waals surface area contributed by atoms with Gasteiger partial charge in [-0.15, -0.1) is 0 Å². The number of pyridine rings is 1. The predicted octanol–water partition coefficient (Wildman–Crippen LogP) is 1.87. The maximum absolute atomic E-state index is 10.0. The standard InChI is InChI=1S/C8H8ClNO/c9-8-6-10-4-3-7(8)2-1-5-11/h3-6H,1-2H2. The second-order valence-electron chi connectivity index (χ2n) is 2.17. The normalized spacial score (nSPS) is 9.55. The van der Waals surface area contributed by atoms with Crippen LogP contribution in [-0.2, 0) is 11.2 Å². The van der Waals surface area contributed by atoms with Gasteiger partial charge in [0.15, 0.2) is 0 Å². The fourth-order valence-corrected chi connectivity index (χ4v) is 1.04. The van der Waals surface area contributed by atoms with Gasteiger partial charge in [0.05, 0.1) is 5.02 Å². The number of hydrogen-bond donors (Lipinski definition) is 0. The summed E-state index contributed by atoms with van der Waals surface area (Å²) in [6.45, 7) is 0. The van der Waals surface area contributed by atoms with E-state index in [9.17, 15) is 4.79 Å². The fraction of sp³-hybridized carbons (Fsp3) is 0.250. The third-order valence-corrected chi connectivity index (χ3v) is 1.73. The molecule has 0 aliphatic carbocycles. The number of aryl methyl sites for hydroxylation is 1. The van der Waals surface area contributed by atoms with Crippen molar-refractivity contribution < 1.29 is 4.79 Å². The molecule has 0 atom stereocenters. The van der Waals surface area contributed by atoms with Crippen LogP contribution in [0.3, 0.4) is 0 Å². The van der Waals surface area contributed by atoms with Crippen molar-refractivity contribution in [3.63, 3.8) is 0 Å². The molecule has 0 fully saturated rings. The summed E-state index contributed by atoms with van der Waals surface area (Å²) in [4.78, 5) is 13.9. The first-order valence-electron chi connectivity index (χ1n) is 3.36. The van der Waals surface area contributed by atoms with Crippen LogP contribution in [0.4, 0.5) is 0 Å². The quantitative estimate of drug-likeness (QED) is 0.647. The summed E-state index contributed by atoms with van der Waals surface area (Å²) in [5.41, 5.74) is 0.980. The molecule has 1 aromatic rings. The number of carbonyl (C=O) groups is 1. The van der Waals surface area contributed by atoms with Crippen LogP contribution in [0.25, 0.3) is 0 Å². The Balaban J connectivity index is 2.69. The zero-order valence-corrected chi connectivity index (χ0v) is 6.71. The zero-order chi connectivity index (χ0) is 8.10. The van der Waals surface area contributed by atoms with Crippen molar-refractivity contribution >= 4 is 17.9 Å². The van der Waals surface area contributed by atoms with Gasteiger partial charge >= 0.3 is 0 Å². The molecule has 1 aromatic heterocycles. The summed E-state index contributed by atoms with van der Waals surface area (Å²) < 4.78 is 0. The Bertz CT molecular complexity index is 250. The minimum absolute atomic E-state index is 0.518. The van der Waals surface area contributed by atoms with Crippen LogP contribution in [-0.4, -0.2) is 11.3 Å². The lowest BCUT2D eigenvalue weighted by molar-refractivity contribution is -0.107. The highest BCUT2D eigenvalue weighted by Gasteiger charge is 1.97. The molecule has 0 amide bonds. The van der Waals surface area contributed by atoms with E-state index < -0.39 is 0 Å². The maximum Gasteiger partial charge on any atom is 0.120 e. The second kappa shape index (κ2) is 4.09. The highest BCUT2D eigenvalue weighted by atomic mass is 35.5. The molecule has 0 aromatic carbocycles. The molecule has 1 rings (SSSR count). The van der Waals surface area contributed by atoms with E-state index in [1.165, 1.54) is 0 Å². The largest absolute Gasteiger partial charge is 0.303 e. The predicted molar refractivity (Wildman–Crippen MR) is 43.6 cm³/mol. The van der Waals surface area contributed by atoms with E-state index in [2.05, 4.69) is 4.98 Å². The van der Waals surface area contributed by atoms with Gasteiger partial charge in [-0.05, 0) is 18.1 Å². The van der Waals surface area contributed by atoms with Crippen LogP contribution < -0.4 is 0 Å². The van der Waals surface area contributed by atoms with Gasteiger partial charge < -0.3 is 4.79 Å². The summed E-state index contributed by atoms with van der Waals surface area (Å²) >= 11 is 5.78. The van der Waals surface area contributed by atoms with E-state index in [0.717, 1.165) is 11.8 Å². The maximum atomic E-state index is 10.0. The molecule has 2 nitrogen and oxygen atoms in total. The van der Waals surface area contributed by atoms with Crippen LogP contribution in [0.1, 0.15) is 12.0 Å². The molecule has 0 aliphatic heterocycles. The van der Waals surface area contributed by atoms with Crippen LogP contribution in [0, 0.1) is 0 Å². The minimum Gasteiger partial charge on any atom is -0.303 e. The van der Waals surface area contributed by atoms with Gasteiger partial charge in [0.25, 0.3) is 0 Å². The SMILES string of the molecule is O=CCCc1ccncc1Cl. The molecule has 0 radical (unpaired) electrons. The Morgan fingerprint density at radius 3 is 3.09 bits per heavy atom. The lowest BCUT2D eigenvalue weighted by atomic mass is 10.1. The number of carbonyl (C=O) groups excluding carboxylic acids is 1. The molecule has 0 saturated heterocycles. The Kier molecular flexibility index (Phi) is 3.05. The summed E-state index contributed by atoms with van der Waals surface area (Å²) in [5.74, 6) is 0. The van der Waals surface area contributed by atoms with Crippen molar-refractivity contribution in [2.45, 2.75) is 12.8 Å².